The molecule has 0 aliphatic carbocycles. The third kappa shape index (κ3) is 11.1. The van der Waals surface area contributed by atoms with Crippen LogP contribution in [0, 0.1) is 5.82 Å². The molecule has 2 atom stereocenters. The standard InChI is InChI=1S/C48H54FN11O7/c1-31(53-45(62)33-10-7-11-34(25-33)51-29-42-55-56-44(57(42)2)39-15-16-50-30-52-39)32-9-8-12-35(26-32)67-23-6-4-3-5-22-66-24-21-58-17-19-59(20-18-58)41-28-37-36(27-38(41)49)47(64)60(48(37)65)40-13-14-43(61)54-46(40)63/h7-12,15-16,25-28,30-31,40,51H,3-6,13-14,17-24,29H2,1-2H3,(H,53,62)(H,54,61,63)/t31-,40?/m1/s1. The first-order valence-corrected chi connectivity index (χ1v) is 22.7. The number of piperazine rings is 1. The van der Waals surface area contributed by atoms with Gasteiger partial charge in [0.05, 0.1) is 42.6 Å². The lowest BCUT2D eigenvalue weighted by Crippen LogP contribution is -2.54. The Kier molecular flexibility index (Phi) is 14.9. The van der Waals surface area contributed by atoms with Gasteiger partial charge in [0.1, 0.15) is 29.6 Å². The number of nitrogens with one attached hydrogen (secondary N) is 3. The summed E-state index contributed by atoms with van der Waals surface area (Å²) in [6.45, 7) is 7.35. The number of halogens is 1. The van der Waals surface area contributed by atoms with E-state index in [1.165, 1.54) is 12.4 Å². The summed E-state index contributed by atoms with van der Waals surface area (Å²) in [7, 11) is 1.88. The van der Waals surface area contributed by atoms with Crippen LogP contribution >= 0.6 is 0 Å². The summed E-state index contributed by atoms with van der Waals surface area (Å²) in [5.74, 6) is -1.23. The van der Waals surface area contributed by atoms with Crippen LogP contribution in [-0.2, 0) is 27.9 Å². The average molecular weight is 916 g/mol. The van der Waals surface area contributed by atoms with Crippen molar-refractivity contribution in [1.29, 1.82) is 0 Å². The third-order valence-electron chi connectivity index (χ3n) is 12.3. The van der Waals surface area contributed by atoms with E-state index in [0.717, 1.165) is 60.2 Å². The van der Waals surface area contributed by atoms with Gasteiger partial charge in [-0.2, -0.15) is 0 Å². The maximum absolute atomic E-state index is 15.3. The molecule has 350 valence electrons. The van der Waals surface area contributed by atoms with Gasteiger partial charge in [0, 0.05) is 70.2 Å². The number of unbranched alkanes of at least 4 members (excludes halogenated alkanes) is 3. The van der Waals surface area contributed by atoms with Crippen LogP contribution in [0.4, 0.5) is 15.8 Å². The van der Waals surface area contributed by atoms with E-state index in [-0.39, 0.29) is 41.6 Å². The first-order valence-electron chi connectivity index (χ1n) is 22.7. The molecule has 5 heterocycles. The maximum atomic E-state index is 15.3. The Bertz CT molecular complexity index is 2600. The molecule has 0 bridgehead atoms. The number of carbonyl (C=O) groups excluding carboxylic acids is 5. The molecule has 0 spiro atoms. The lowest BCUT2D eigenvalue weighted by molar-refractivity contribution is -0.136. The topological polar surface area (TPSA) is 206 Å². The highest BCUT2D eigenvalue weighted by Crippen LogP contribution is 2.33. The van der Waals surface area contributed by atoms with E-state index in [1.807, 2.05) is 65.9 Å². The molecule has 2 aromatic heterocycles. The SMILES string of the molecule is C[C@@H](NC(=O)c1cccc(NCc2nnc(-c3ccncn3)n2C)c1)c1cccc(OCCCCCCOCCN2CCN(c3cc4c(cc3F)C(=O)N(C3CCC(=O)NC3=O)C4=O)CC2)c1. The number of piperidine rings is 1. The number of hydrogen-bond acceptors (Lipinski definition) is 14. The van der Waals surface area contributed by atoms with Gasteiger partial charge in [-0.1, -0.05) is 24.6 Å². The summed E-state index contributed by atoms with van der Waals surface area (Å²) in [6.07, 6.45) is 7.04. The molecule has 2 saturated heterocycles. The average Bonchev–Trinajstić information content (AvgIpc) is 3.82. The molecule has 2 fully saturated rings. The number of hydrogen-bond donors (Lipinski definition) is 3. The maximum Gasteiger partial charge on any atom is 0.262 e. The van der Waals surface area contributed by atoms with Crippen LogP contribution in [0.25, 0.3) is 11.5 Å². The lowest BCUT2D eigenvalue weighted by atomic mass is 10.0. The number of nitrogens with zero attached hydrogens (tertiary/aromatic N) is 8. The minimum Gasteiger partial charge on any atom is -0.494 e. The van der Waals surface area contributed by atoms with Crippen molar-refractivity contribution < 1.29 is 37.8 Å². The Balaban J connectivity index is 0.684. The van der Waals surface area contributed by atoms with Gasteiger partial charge >= 0.3 is 0 Å². The van der Waals surface area contributed by atoms with E-state index < -0.39 is 35.5 Å². The molecule has 5 aromatic rings. The highest BCUT2D eigenvalue weighted by atomic mass is 19.1. The summed E-state index contributed by atoms with van der Waals surface area (Å²) in [5, 5.41) is 17.2. The van der Waals surface area contributed by atoms with Gasteiger partial charge in [-0.3, -0.25) is 39.1 Å². The van der Waals surface area contributed by atoms with Gasteiger partial charge in [-0.15, -0.1) is 10.2 Å². The van der Waals surface area contributed by atoms with E-state index in [4.69, 9.17) is 9.47 Å². The molecule has 0 radical (unpaired) electrons. The summed E-state index contributed by atoms with van der Waals surface area (Å²) in [6, 6.07) is 18.0. The van der Waals surface area contributed by atoms with Crippen LogP contribution in [0.5, 0.6) is 5.75 Å². The second-order valence-electron chi connectivity index (χ2n) is 16.8. The van der Waals surface area contributed by atoms with Crippen molar-refractivity contribution in [3.05, 3.63) is 113 Å². The number of imide groups is 2. The minimum atomic E-state index is -1.10. The van der Waals surface area contributed by atoms with Crippen LogP contribution in [0.3, 0.4) is 0 Å². The molecule has 19 heteroatoms. The van der Waals surface area contributed by atoms with Gasteiger partial charge < -0.3 is 29.6 Å². The van der Waals surface area contributed by atoms with Crippen LogP contribution < -0.4 is 25.6 Å². The second kappa shape index (κ2) is 21.5. The molecular weight excluding hydrogens is 862 g/mol. The Labute approximate surface area is 387 Å². The number of amides is 5. The first-order chi connectivity index (χ1) is 32.5. The fourth-order valence-electron chi connectivity index (χ4n) is 8.43. The molecular formula is C48H54FN11O7. The number of fused-ring (bicyclic) bond motifs is 1. The zero-order valence-corrected chi connectivity index (χ0v) is 37.6. The van der Waals surface area contributed by atoms with E-state index in [0.29, 0.717) is 75.5 Å². The van der Waals surface area contributed by atoms with Gasteiger partial charge in [0.2, 0.25) is 11.8 Å². The highest BCUT2D eigenvalue weighted by molar-refractivity contribution is 6.23. The molecule has 3 aromatic carbocycles. The van der Waals surface area contributed by atoms with Gasteiger partial charge in [0.15, 0.2) is 11.6 Å². The van der Waals surface area contributed by atoms with E-state index in [9.17, 15) is 24.0 Å². The molecule has 5 amide bonds. The van der Waals surface area contributed by atoms with E-state index in [1.54, 1.807) is 18.3 Å². The van der Waals surface area contributed by atoms with Gasteiger partial charge in [0.25, 0.3) is 17.7 Å². The molecule has 8 rings (SSSR count). The first kappa shape index (κ1) is 46.4. The molecule has 18 nitrogen and oxygen atoms in total. The van der Waals surface area contributed by atoms with Crippen LogP contribution in [0.2, 0.25) is 0 Å². The van der Waals surface area contributed by atoms with E-state index in [2.05, 4.69) is 41.0 Å². The van der Waals surface area contributed by atoms with E-state index >= 15 is 4.39 Å². The van der Waals surface area contributed by atoms with Crippen molar-refractivity contribution in [2.24, 2.45) is 7.05 Å². The van der Waals surface area contributed by atoms with Crippen LogP contribution in [0.15, 0.2) is 79.3 Å². The number of anilines is 2. The molecule has 3 N–H and O–H groups in total. The summed E-state index contributed by atoms with van der Waals surface area (Å²) >= 11 is 0. The van der Waals surface area contributed by atoms with Crippen molar-refractivity contribution in [3.8, 4) is 17.3 Å². The number of aromatic nitrogens is 5. The number of carbonyl (C=O) groups is 5. The second-order valence-corrected chi connectivity index (χ2v) is 16.8. The molecule has 1 unspecified atom stereocenters. The third-order valence-corrected chi connectivity index (χ3v) is 12.3. The van der Waals surface area contributed by atoms with Gasteiger partial charge in [-0.25, -0.2) is 14.4 Å². The summed E-state index contributed by atoms with van der Waals surface area (Å²) in [5.41, 5.74) is 3.16. The molecule has 3 aliphatic heterocycles. The predicted octanol–water partition coefficient (Wildman–Crippen LogP) is 4.69. The summed E-state index contributed by atoms with van der Waals surface area (Å²) < 4.78 is 29.2. The van der Waals surface area contributed by atoms with Crippen molar-refractivity contribution in [3.63, 3.8) is 0 Å². The number of benzene rings is 3. The van der Waals surface area contributed by atoms with Crippen LogP contribution in [-0.4, -0.2) is 123 Å². The fourth-order valence-corrected chi connectivity index (χ4v) is 8.43. The normalized spacial score (nSPS) is 16.8. The zero-order chi connectivity index (χ0) is 46.9. The molecule has 3 aliphatic rings. The largest absolute Gasteiger partial charge is 0.494 e. The fraction of sp³-hybridized carbons (Fsp3) is 0.396. The van der Waals surface area contributed by atoms with Crippen molar-refractivity contribution in [2.75, 3.05) is 62.8 Å². The Morgan fingerprint density at radius 2 is 1.67 bits per heavy atom. The molecule has 67 heavy (non-hydrogen) atoms. The Morgan fingerprint density at radius 3 is 2.45 bits per heavy atom. The monoisotopic (exact) mass is 915 g/mol. The van der Waals surface area contributed by atoms with Crippen molar-refractivity contribution >= 4 is 40.9 Å². The van der Waals surface area contributed by atoms with Crippen LogP contribution in [0.1, 0.15) is 94.0 Å². The van der Waals surface area contributed by atoms with Gasteiger partial charge in [-0.05, 0) is 86.7 Å². The highest BCUT2D eigenvalue weighted by Gasteiger charge is 2.45. The quantitative estimate of drug-likeness (QED) is 0.0716. The minimum absolute atomic E-state index is 0.0138. The molecule has 0 saturated carbocycles. The lowest BCUT2D eigenvalue weighted by Gasteiger charge is -2.36. The summed E-state index contributed by atoms with van der Waals surface area (Å²) in [4.78, 5) is 76.8. The predicted molar refractivity (Wildman–Crippen MR) is 245 cm³/mol. The zero-order valence-electron chi connectivity index (χ0n) is 37.6. The Hall–Kier alpha value is -7.12. The van der Waals surface area contributed by atoms with Crippen molar-refractivity contribution in [2.45, 2.75) is 64.1 Å². The number of ether oxygens (including phenoxy) is 2. The number of rotatable bonds is 20. The van der Waals surface area contributed by atoms with Crippen molar-refractivity contribution in [1.82, 2.24) is 45.2 Å². The smallest absolute Gasteiger partial charge is 0.262 e. The Morgan fingerprint density at radius 1 is 0.896 bits per heavy atom.